The predicted octanol–water partition coefficient (Wildman–Crippen LogP) is 2.74. The summed E-state index contributed by atoms with van der Waals surface area (Å²) in [5.41, 5.74) is 7.11. The summed E-state index contributed by atoms with van der Waals surface area (Å²) in [6.07, 6.45) is 0. The Hall–Kier alpha value is -2.59. The van der Waals surface area contributed by atoms with Crippen LogP contribution in [0.5, 0.6) is 0 Å². The lowest BCUT2D eigenvalue weighted by Gasteiger charge is -2.10. The molecule has 100 valence electrons. The lowest BCUT2D eigenvalue weighted by atomic mass is 10.2. The maximum atomic E-state index is 10.9. The lowest BCUT2D eigenvalue weighted by Crippen LogP contribution is -2.06. The number of pyridine rings is 1. The molecule has 0 fully saturated rings. The van der Waals surface area contributed by atoms with E-state index in [0.717, 1.165) is 0 Å². The Labute approximate surface area is 123 Å². The van der Waals surface area contributed by atoms with E-state index >= 15 is 0 Å². The van der Waals surface area contributed by atoms with Crippen molar-refractivity contribution in [3.63, 3.8) is 0 Å². The molecule has 0 spiro atoms. The van der Waals surface area contributed by atoms with Gasteiger partial charge in [-0.1, -0.05) is 0 Å². The predicted molar refractivity (Wildman–Crippen MR) is 77.7 cm³/mol. The highest BCUT2D eigenvalue weighted by Gasteiger charge is 2.10. The number of hydrogen-bond acceptors (Lipinski definition) is 5. The average Bonchev–Trinajstić information content (AvgIpc) is 2.42. The van der Waals surface area contributed by atoms with Gasteiger partial charge >= 0.3 is 5.97 Å². The first-order valence-corrected chi connectivity index (χ1v) is 6.27. The average molecular weight is 333 g/mol. The quantitative estimate of drug-likeness (QED) is 0.796. The van der Waals surface area contributed by atoms with Crippen LogP contribution in [-0.4, -0.2) is 16.1 Å². The van der Waals surface area contributed by atoms with Gasteiger partial charge in [0, 0.05) is 4.47 Å². The summed E-state index contributed by atoms with van der Waals surface area (Å²) >= 11 is 3.32. The third-order valence-electron chi connectivity index (χ3n) is 2.50. The zero-order valence-electron chi connectivity index (χ0n) is 10.1. The Morgan fingerprint density at radius 1 is 1.40 bits per heavy atom. The molecule has 0 aliphatic carbocycles. The highest BCUT2D eigenvalue weighted by Crippen LogP contribution is 2.28. The van der Waals surface area contributed by atoms with E-state index < -0.39 is 5.97 Å². The van der Waals surface area contributed by atoms with Gasteiger partial charge in [0.1, 0.15) is 0 Å². The van der Waals surface area contributed by atoms with Crippen LogP contribution < -0.4 is 11.1 Å². The standard InChI is InChI=1S/C13H9BrN4O2/c14-8-5-7(6-15)1-3-10(8)17-12-9(16)2-4-11(18-12)13(19)20/h1-5H,16H2,(H,17,18)(H,19,20). The molecule has 7 heteroatoms. The fourth-order valence-corrected chi connectivity index (χ4v) is 1.98. The number of nitrogens with zero attached hydrogens (tertiary/aromatic N) is 2. The molecule has 2 rings (SSSR count). The summed E-state index contributed by atoms with van der Waals surface area (Å²) in [5.74, 6) is -0.887. The maximum absolute atomic E-state index is 10.9. The molecule has 0 bridgehead atoms. The minimum Gasteiger partial charge on any atom is -0.477 e. The van der Waals surface area contributed by atoms with Crippen molar-refractivity contribution in [2.75, 3.05) is 11.1 Å². The first-order valence-electron chi connectivity index (χ1n) is 5.47. The molecule has 6 nitrogen and oxygen atoms in total. The van der Waals surface area contributed by atoms with E-state index in [9.17, 15) is 4.79 Å². The van der Waals surface area contributed by atoms with Crippen LogP contribution in [0, 0.1) is 11.3 Å². The summed E-state index contributed by atoms with van der Waals surface area (Å²) in [5, 5.41) is 20.6. The number of halogens is 1. The smallest absolute Gasteiger partial charge is 0.354 e. The Balaban J connectivity index is 2.37. The van der Waals surface area contributed by atoms with Gasteiger partial charge in [-0.25, -0.2) is 9.78 Å². The van der Waals surface area contributed by atoms with Crippen molar-refractivity contribution in [3.05, 3.63) is 46.1 Å². The molecule has 0 radical (unpaired) electrons. The second kappa shape index (κ2) is 5.59. The first kappa shape index (κ1) is 13.8. The van der Waals surface area contributed by atoms with Gasteiger partial charge in [0.15, 0.2) is 11.5 Å². The Kier molecular flexibility index (Phi) is 3.86. The molecular formula is C13H9BrN4O2. The molecule has 0 saturated heterocycles. The van der Waals surface area contributed by atoms with Crippen molar-refractivity contribution in [1.82, 2.24) is 4.98 Å². The van der Waals surface area contributed by atoms with Crippen molar-refractivity contribution in [3.8, 4) is 6.07 Å². The third-order valence-corrected chi connectivity index (χ3v) is 3.15. The molecule has 0 saturated carbocycles. The van der Waals surface area contributed by atoms with Gasteiger partial charge in [0.05, 0.1) is 23.0 Å². The summed E-state index contributed by atoms with van der Waals surface area (Å²) in [6, 6.07) is 9.76. The molecule has 1 heterocycles. The fourth-order valence-electron chi connectivity index (χ4n) is 1.50. The molecule has 0 amide bonds. The van der Waals surface area contributed by atoms with Gasteiger partial charge in [-0.2, -0.15) is 5.26 Å². The van der Waals surface area contributed by atoms with Crippen LogP contribution in [0.1, 0.15) is 16.1 Å². The van der Waals surface area contributed by atoms with E-state index in [4.69, 9.17) is 16.1 Å². The van der Waals surface area contributed by atoms with Crippen molar-refractivity contribution >= 4 is 39.1 Å². The number of carboxylic acids is 1. The number of nitrogens with one attached hydrogen (secondary N) is 1. The molecular weight excluding hydrogens is 324 g/mol. The SMILES string of the molecule is N#Cc1ccc(Nc2nc(C(=O)O)ccc2N)c(Br)c1. The van der Waals surface area contributed by atoms with Crippen LogP contribution in [0.3, 0.4) is 0 Å². The van der Waals surface area contributed by atoms with Gasteiger partial charge in [-0.15, -0.1) is 0 Å². The number of nitrogens with two attached hydrogens (primary N) is 1. The Morgan fingerprint density at radius 3 is 2.75 bits per heavy atom. The van der Waals surface area contributed by atoms with E-state index in [1.807, 2.05) is 6.07 Å². The second-order valence-electron chi connectivity index (χ2n) is 3.87. The van der Waals surface area contributed by atoms with Crippen LogP contribution in [0.25, 0.3) is 0 Å². The van der Waals surface area contributed by atoms with Crippen LogP contribution in [0.2, 0.25) is 0 Å². The van der Waals surface area contributed by atoms with Crippen molar-refractivity contribution in [2.24, 2.45) is 0 Å². The molecule has 20 heavy (non-hydrogen) atoms. The fraction of sp³-hybridized carbons (Fsp3) is 0. The third kappa shape index (κ3) is 2.87. The molecule has 0 aliphatic heterocycles. The number of rotatable bonds is 3. The number of nitriles is 1. The van der Waals surface area contributed by atoms with Crippen molar-refractivity contribution in [1.29, 1.82) is 5.26 Å². The van der Waals surface area contributed by atoms with Gasteiger partial charge in [0.25, 0.3) is 0 Å². The second-order valence-corrected chi connectivity index (χ2v) is 4.73. The van der Waals surface area contributed by atoms with Crippen molar-refractivity contribution in [2.45, 2.75) is 0 Å². The number of aromatic carboxylic acids is 1. The molecule has 0 unspecified atom stereocenters. The topological polar surface area (TPSA) is 112 Å². The number of carbonyl (C=O) groups is 1. The van der Waals surface area contributed by atoms with E-state index in [-0.39, 0.29) is 11.5 Å². The number of carboxylic acid groups (broad SMARTS) is 1. The minimum absolute atomic E-state index is 0.105. The highest BCUT2D eigenvalue weighted by molar-refractivity contribution is 9.10. The summed E-state index contributed by atoms with van der Waals surface area (Å²) < 4.78 is 0.651. The lowest BCUT2D eigenvalue weighted by molar-refractivity contribution is 0.0690. The van der Waals surface area contributed by atoms with Crippen molar-refractivity contribution < 1.29 is 9.90 Å². The van der Waals surface area contributed by atoms with Crippen LogP contribution >= 0.6 is 15.9 Å². The molecule has 1 aromatic heterocycles. The van der Waals surface area contributed by atoms with Gasteiger partial charge in [-0.3, -0.25) is 0 Å². The van der Waals surface area contributed by atoms with Crippen LogP contribution in [0.4, 0.5) is 17.2 Å². The molecule has 1 aromatic carbocycles. The zero-order chi connectivity index (χ0) is 14.7. The van der Waals surface area contributed by atoms with Crippen LogP contribution in [-0.2, 0) is 0 Å². The Bertz CT molecular complexity index is 725. The number of benzene rings is 1. The normalized spacial score (nSPS) is 9.80. The molecule has 2 aromatic rings. The maximum Gasteiger partial charge on any atom is 0.354 e. The summed E-state index contributed by atoms with van der Waals surface area (Å²) in [4.78, 5) is 14.8. The summed E-state index contributed by atoms with van der Waals surface area (Å²) in [6.45, 7) is 0. The number of nitrogen functional groups attached to an aromatic ring is 1. The zero-order valence-corrected chi connectivity index (χ0v) is 11.7. The van der Waals surface area contributed by atoms with Gasteiger partial charge in [-0.05, 0) is 46.3 Å². The molecule has 0 atom stereocenters. The number of aromatic nitrogens is 1. The number of hydrogen-bond donors (Lipinski definition) is 3. The summed E-state index contributed by atoms with van der Waals surface area (Å²) in [7, 11) is 0. The van der Waals surface area contributed by atoms with E-state index in [2.05, 4.69) is 26.2 Å². The monoisotopic (exact) mass is 332 g/mol. The van der Waals surface area contributed by atoms with Crippen LogP contribution in [0.15, 0.2) is 34.8 Å². The highest BCUT2D eigenvalue weighted by atomic mass is 79.9. The first-order chi connectivity index (χ1) is 9.51. The van der Waals surface area contributed by atoms with Gasteiger partial charge in [0.2, 0.25) is 0 Å². The van der Waals surface area contributed by atoms with E-state index in [0.29, 0.717) is 21.4 Å². The Morgan fingerprint density at radius 2 is 2.15 bits per heavy atom. The molecule has 0 aliphatic rings. The van der Waals surface area contributed by atoms with Gasteiger partial charge < -0.3 is 16.2 Å². The molecule has 4 N–H and O–H groups in total. The minimum atomic E-state index is -1.13. The van der Waals surface area contributed by atoms with E-state index in [1.165, 1.54) is 12.1 Å². The largest absolute Gasteiger partial charge is 0.477 e. The number of anilines is 3. The van der Waals surface area contributed by atoms with E-state index in [1.54, 1.807) is 18.2 Å².